The number of carbonyl (C=O) groups is 2. The number of halogens is 1. The Kier molecular flexibility index (Phi) is 7.28. The van der Waals surface area contributed by atoms with Gasteiger partial charge in [0, 0.05) is 23.7 Å². The van der Waals surface area contributed by atoms with E-state index >= 15 is 0 Å². The number of ether oxygens (including phenoxy) is 3. The summed E-state index contributed by atoms with van der Waals surface area (Å²) in [6.45, 7) is 1.00. The van der Waals surface area contributed by atoms with E-state index in [1.807, 2.05) is 18.2 Å². The van der Waals surface area contributed by atoms with Crippen LogP contribution in [0.4, 0.5) is 0 Å². The highest BCUT2D eigenvalue weighted by Crippen LogP contribution is 2.22. The van der Waals surface area contributed by atoms with E-state index in [0.29, 0.717) is 17.3 Å². The standard InChI is InChI=1S/C21H22ClNO5/c22-18-9-3-1-6-15(18)13-27-19-10-4-2-8-17(19)21(25)28-14-20(24)23-12-16-7-5-11-26-16/h1-4,6,8-10,16H,5,7,11-14H2,(H,23,24)/t16-/m0/s1. The molecule has 1 aliphatic heterocycles. The first-order valence-electron chi connectivity index (χ1n) is 9.14. The molecule has 2 aromatic carbocycles. The Morgan fingerprint density at radius 3 is 2.71 bits per heavy atom. The Bertz CT molecular complexity index is 820. The lowest BCUT2D eigenvalue weighted by Gasteiger charge is -2.13. The average Bonchev–Trinajstić information content (AvgIpc) is 3.24. The minimum atomic E-state index is -0.623. The van der Waals surface area contributed by atoms with Crippen molar-refractivity contribution in [3.8, 4) is 5.75 Å². The molecule has 0 saturated carbocycles. The molecule has 1 saturated heterocycles. The molecule has 0 bridgehead atoms. The van der Waals surface area contributed by atoms with Gasteiger partial charge in [0.1, 0.15) is 17.9 Å². The largest absolute Gasteiger partial charge is 0.488 e. The molecule has 0 aliphatic carbocycles. The summed E-state index contributed by atoms with van der Waals surface area (Å²) in [4.78, 5) is 24.3. The molecule has 0 spiro atoms. The molecule has 1 N–H and O–H groups in total. The van der Waals surface area contributed by atoms with Crippen molar-refractivity contribution in [3.63, 3.8) is 0 Å². The summed E-state index contributed by atoms with van der Waals surface area (Å²) in [6.07, 6.45) is 1.97. The molecule has 148 valence electrons. The quantitative estimate of drug-likeness (QED) is 0.684. The van der Waals surface area contributed by atoms with Gasteiger partial charge in [-0.2, -0.15) is 0 Å². The van der Waals surface area contributed by atoms with Gasteiger partial charge in [0.2, 0.25) is 0 Å². The third kappa shape index (κ3) is 5.71. The Balaban J connectivity index is 1.52. The molecule has 2 aromatic rings. The van der Waals surface area contributed by atoms with Crippen molar-refractivity contribution < 1.29 is 23.8 Å². The number of amides is 1. The van der Waals surface area contributed by atoms with Crippen LogP contribution in [0, 0.1) is 0 Å². The van der Waals surface area contributed by atoms with E-state index in [1.165, 1.54) is 0 Å². The maximum atomic E-state index is 12.4. The first-order chi connectivity index (χ1) is 13.6. The summed E-state index contributed by atoms with van der Waals surface area (Å²) in [6, 6.07) is 14.0. The fourth-order valence-electron chi connectivity index (χ4n) is 2.82. The molecule has 7 heteroatoms. The fraction of sp³-hybridized carbons (Fsp3) is 0.333. The topological polar surface area (TPSA) is 73.9 Å². The second-order valence-electron chi connectivity index (χ2n) is 6.39. The number of hydrogen-bond donors (Lipinski definition) is 1. The molecule has 1 fully saturated rings. The number of benzene rings is 2. The normalized spacial score (nSPS) is 15.8. The summed E-state index contributed by atoms with van der Waals surface area (Å²) in [5.74, 6) is -0.618. The minimum absolute atomic E-state index is 0.0404. The van der Waals surface area contributed by atoms with E-state index in [1.54, 1.807) is 30.3 Å². The van der Waals surface area contributed by atoms with Crippen LogP contribution in [0.25, 0.3) is 0 Å². The molecular weight excluding hydrogens is 382 g/mol. The zero-order valence-corrected chi connectivity index (χ0v) is 16.1. The van der Waals surface area contributed by atoms with Crippen LogP contribution in [0.2, 0.25) is 5.02 Å². The molecule has 1 atom stereocenters. The van der Waals surface area contributed by atoms with E-state index < -0.39 is 5.97 Å². The third-order valence-electron chi connectivity index (χ3n) is 4.33. The summed E-state index contributed by atoms with van der Waals surface area (Å²) in [7, 11) is 0. The number of rotatable bonds is 8. The van der Waals surface area contributed by atoms with Gasteiger partial charge in [0.15, 0.2) is 6.61 Å². The van der Waals surface area contributed by atoms with Gasteiger partial charge in [-0.15, -0.1) is 0 Å². The van der Waals surface area contributed by atoms with Crippen LogP contribution in [-0.4, -0.2) is 37.7 Å². The molecular formula is C21H22ClNO5. The van der Waals surface area contributed by atoms with Crippen molar-refractivity contribution in [1.82, 2.24) is 5.32 Å². The molecule has 3 rings (SSSR count). The van der Waals surface area contributed by atoms with Crippen molar-refractivity contribution in [2.24, 2.45) is 0 Å². The zero-order valence-electron chi connectivity index (χ0n) is 15.4. The van der Waals surface area contributed by atoms with Gasteiger partial charge in [-0.3, -0.25) is 4.79 Å². The summed E-state index contributed by atoms with van der Waals surface area (Å²) < 4.78 is 16.3. The van der Waals surface area contributed by atoms with Gasteiger partial charge in [0.05, 0.1) is 6.10 Å². The van der Waals surface area contributed by atoms with E-state index in [-0.39, 0.29) is 30.8 Å². The summed E-state index contributed by atoms with van der Waals surface area (Å²) in [5, 5.41) is 3.30. The minimum Gasteiger partial charge on any atom is -0.488 e. The number of hydrogen-bond acceptors (Lipinski definition) is 5. The fourth-order valence-corrected chi connectivity index (χ4v) is 3.02. The van der Waals surface area contributed by atoms with Crippen LogP contribution < -0.4 is 10.1 Å². The number of para-hydroxylation sites is 1. The SMILES string of the molecule is O=C(COC(=O)c1ccccc1OCc1ccccc1Cl)NC[C@@H]1CCCO1. The highest BCUT2D eigenvalue weighted by molar-refractivity contribution is 6.31. The molecule has 6 nitrogen and oxygen atoms in total. The Hall–Kier alpha value is -2.57. The Morgan fingerprint density at radius 1 is 1.14 bits per heavy atom. The first kappa shape index (κ1) is 20.2. The highest BCUT2D eigenvalue weighted by Gasteiger charge is 2.18. The van der Waals surface area contributed by atoms with E-state index in [0.717, 1.165) is 25.0 Å². The zero-order chi connectivity index (χ0) is 19.8. The van der Waals surface area contributed by atoms with Gasteiger partial charge in [-0.25, -0.2) is 4.79 Å². The third-order valence-corrected chi connectivity index (χ3v) is 4.70. The smallest absolute Gasteiger partial charge is 0.342 e. The lowest BCUT2D eigenvalue weighted by Crippen LogP contribution is -2.34. The Labute approximate surface area is 168 Å². The molecule has 1 aliphatic rings. The van der Waals surface area contributed by atoms with E-state index in [9.17, 15) is 9.59 Å². The molecule has 0 aromatic heterocycles. The van der Waals surface area contributed by atoms with Crippen LogP contribution in [0.3, 0.4) is 0 Å². The van der Waals surface area contributed by atoms with Crippen molar-refractivity contribution >= 4 is 23.5 Å². The van der Waals surface area contributed by atoms with Gasteiger partial charge in [-0.1, -0.05) is 41.9 Å². The molecule has 28 heavy (non-hydrogen) atoms. The molecule has 1 amide bonds. The van der Waals surface area contributed by atoms with E-state index in [4.69, 9.17) is 25.8 Å². The van der Waals surface area contributed by atoms with Crippen molar-refractivity contribution in [2.45, 2.75) is 25.6 Å². The lowest BCUT2D eigenvalue weighted by molar-refractivity contribution is -0.124. The summed E-state index contributed by atoms with van der Waals surface area (Å²) in [5.41, 5.74) is 1.06. The van der Waals surface area contributed by atoms with Gasteiger partial charge < -0.3 is 19.5 Å². The maximum Gasteiger partial charge on any atom is 0.342 e. The van der Waals surface area contributed by atoms with Crippen molar-refractivity contribution in [1.29, 1.82) is 0 Å². The molecule has 0 radical (unpaired) electrons. The molecule has 0 unspecified atom stereocenters. The Morgan fingerprint density at radius 2 is 1.93 bits per heavy atom. The van der Waals surface area contributed by atoms with Crippen molar-refractivity contribution in [3.05, 3.63) is 64.7 Å². The number of carbonyl (C=O) groups excluding carboxylic acids is 2. The van der Waals surface area contributed by atoms with Crippen molar-refractivity contribution in [2.75, 3.05) is 19.8 Å². The number of esters is 1. The second kappa shape index (κ2) is 10.1. The lowest BCUT2D eigenvalue weighted by atomic mass is 10.2. The maximum absolute atomic E-state index is 12.4. The van der Waals surface area contributed by atoms with Crippen LogP contribution in [0.5, 0.6) is 5.75 Å². The van der Waals surface area contributed by atoms with Crippen LogP contribution >= 0.6 is 11.6 Å². The predicted octanol–water partition coefficient (Wildman–Crippen LogP) is 3.37. The summed E-state index contributed by atoms with van der Waals surface area (Å²) >= 11 is 6.13. The van der Waals surface area contributed by atoms with Crippen LogP contribution in [0.1, 0.15) is 28.8 Å². The molecule has 1 heterocycles. The van der Waals surface area contributed by atoms with Gasteiger partial charge in [-0.05, 0) is 31.0 Å². The van der Waals surface area contributed by atoms with Crippen LogP contribution in [-0.2, 0) is 20.9 Å². The van der Waals surface area contributed by atoms with Gasteiger partial charge in [0.25, 0.3) is 5.91 Å². The average molecular weight is 404 g/mol. The van der Waals surface area contributed by atoms with Crippen LogP contribution in [0.15, 0.2) is 48.5 Å². The monoisotopic (exact) mass is 403 g/mol. The van der Waals surface area contributed by atoms with Gasteiger partial charge >= 0.3 is 5.97 Å². The second-order valence-corrected chi connectivity index (χ2v) is 6.80. The van der Waals surface area contributed by atoms with E-state index in [2.05, 4.69) is 5.32 Å². The predicted molar refractivity (Wildman–Crippen MR) is 104 cm³/mol. The highest BCUT2D eigenvalue weighted by atomic mass is 35.5. The number of nitrogens with one attached hydrogen (secondary N) is 1. The first-order valence-corrected chi connectivity index (χ1v) is 9.52.